The number of hydrogen-bond donors (Lipinski definition) is 1. The molecule has 0 saturated carbocycles. The Kier molecular flexibility index (Phi) is 7.27. The van der Waals surface area contributed by atoms with E-state index in [0.29, 0.717) is 30.8 Å². The zero-order valence-electron chi connectivity index (χ0n) is 14.0. The summed E-state index contributed by atoms with van der Waals surface area (Å²) in [5.41, 5.74) is 1.16. The van der Waals surface area contributed by atoms with Gasteiger partial charge in [0.15, 0.2) is 0 Å². The molecule has 0 bridgehead atoms. The minimum Gasteiger partial charge on any atom is -0.493 e. The molecule has 118 valence electrons. The van der Waals surface area contributed by atoms with Gasteiger partial charge < -0.3 is 10.1 Å². The second kappa shape index (κ2) is 8.71. The maximum Gasteiger partial charge on any atom is 0.223 e. The number of carbonyl (C=O) groups excluding carboxylic acids is 1. The number of benzene rings is 1. The molecule has 0 spiro atoms. The van der Waals surface area contributed by atoms with Gasteiger partial charge >= 0.3 is 0 Å². The maximum absolute atomic E-state index is 11.9. The minimum absolute atomic E-state index is 0.0638. The van der Waals surface area contributed by atoms with Crippen LogP contribution in [0, 0.1) is 24.7 Å². The van der Waals surface area contributed by atoms with Crippen LogP contribution < -0.4 is 10.1 Å². The van der Waals surface area contributed by atoms with Crippen LogP contribution in [0.25, 0.3) is 0 Å². The Labute approximate surface area is 129 Å². The number of ether oxygens (including phenoxy) is 1. The highest BCUT2D eigenvalue weighted by Crippen LogP contribution is 2.19. The molecule has 0 atom stereocenters. The molecule has 1 aromatic carbocycles. The smallest absolute Gasteiger partial charge is 0.223 e. The summed E-state index contributed by atoms with van der Waals surface area (Å²) in [6.45, 7) is 12.0. The summed E-state index contributed by atoms with van der Waals surface area (Å²) in [7, 11) is 0. The van der Waals surface area contributed by atoms with Crippen LogP contribution in [0.15, 0.2) is 24.3 Å². The van der Waals surface area contributed by atoms with Crippen molar-refractivity contribution in [3.63, 3.8) is 0 Å². The Hall–Kier alpha value is -1.51. The molecule has 1 rings (SSSR count). The average molecular weight is 291 g/mol. The first-order valence-electron chi connectivity index (χ1n) is 7.86. The molecule has 0 aliphatic heterocycles. The van der Waals surface area contributed by atoms with Crippen LogP contribution in [0.1, 0.15) is 39.7 Å². The molecule has 0 saturated heterocycles. The standard InChI is InChI=1S/C18H29NO2/c1-13(2)17(14(3)4)12-19-18(20)9-10-21-16-8-6-7-15(5)11-16/h6-8,11,13-14,17H,9-10,12H2,1-5H3,(H,19,20). The summed E-state index contributed by atoms with van der Waals surface area (Å²) >= 11 is 0. The molecular formula is C18H29NO2. The Balaban J connectivity index is 2.28. The topological polar surface area (TPSA) is 38.3 Å². The van der Waals surface area contributed by atoms with Gasteiger partial charge in [-0.2, -0.15) is 0 Å². The van der Waals surface area contributed by atoms with Crippen molar-refractivity contribution in [2.24, 2.45) is 17.8 Å². The Bertz CT molecular complexity index is 433. The van der Waals surface area contributed by atoms with Crippen LogP contribution in [-0.4, -0.2) is 19.1 Å². The van der Waals surface area contributed by atoms with E-state index in [0.717, 1.165) is 17.9 Å². The molecule has 0 aromatic heterocycles. The molecular weight excluding hydrogens is 262 g/mol. The van der Waals surface area contributed by atoms with Crippen molar-refractivity contribution < 1.29 is 9.53 Å². The fourth-order valence-electron chi connectivity index (χ4n) is 2.53. The van der Waals surface area contributed by atoms with Crippen LogP contribution in [0.2, 0.25) is 0 Å². The average Bonchev–Trinajstić information content (AvgIpc) is 2.38. The highest BCUT2D eigenvalue weighted by atomic mass is 16.5. The zero-order chi connectivity index (χ0) is 15.8. The molecule has 3 heteroatoms. The summed E-state index contributed by atoms with van der Waals surface area (Å²) in [5.74, 6) is 2.56. The fourth-order valence-corrected chi connectivity index (χ4v) is 2.53. The quantitative estimate of drug-likeness (QED) is 0.791. The van der Waals surface area contributed by atoms with E-state index in [9.17, 15) is 4.79 Å². The summed E-state index contributed by atoms with van der Waals surface area (Å²) < 4.78 is 5.60. The Morgan fingerprint density at radius 1 is 1.19 bits per heavy atom. The molecule has 1 aromatic rings. The van der Waals surface area contributed by atoms with Gasteiger partial charge in [0.2, 0.25) is 5.91 Å². The second-order valence-corrected chi connectivity index (χ2v) is 6.37. The van der Waals surface area contributed by atoms with Crippen LogP contribution in [0.4, 0.5) is 0 Å². The van der Waals surface area contributed by atoms with Gasteiger partial charge in [0.25, 0.3) is 0 Å². The van der Waals surface area contributed by atoms with E-state index in [1.54, 1.807) is 0 Å². The lowest BCUT2D eigenvalue weighted by molar-refractivity contribution is -0.121. The molecule has 1 N–H and O–H groups in total. The lowest BCUT2D eigenvalue weighted by atomic mass is 9.85. The van der Waals surface area contributed by atoms with Gasteiger partial charge in [0.1, 0.15) is 5.75 Å². The number of carbonyl (C=O) groups is 1. The van der Waals surface area contributed by atoms with Gasteiger partial charge in [0.05, 0.1) is 13.0 Å². The molecule has 0 fully saturated rings. The predicted octanol–water partition coefficient (Wildman–Crippen LogP) is 3.81. The summed E-state index contributed by atoms with van der Waals surface area (Å²) in [6, 6.07) is 7.88. The van der Waals surface area contributed by atoms with Crippen LogP contribution in [0.5, 0.6) is 5.75 Å². The molecule has 0 aliphatic rings. The third kappa shape index (κ3) is 6.65. The van der Waals surface area contributed by atoms with Gasteiger partial charge in [-0.05, 0) is 42.4 Å². The third-order valence-corrected chi connectivity index (χ3v) is 3.83. The maximum atomic E-state index is 11.9. The van der Waals surface area contributed by atoms with Crippen molar-refractivity contribution in [3.8, 4) is 5.75 Å². The van der Waals surface area contributed by atoms with Gasteiger partial charge in [-0.15, -0.1) is 0 Å². The van der Waals surface area contributed by atoms with Crippen molar-refractivity contribution in [1.82, 2.24) is 5.32 Å². The first-order chi connectivity index (χ1) is 9.90. The molecule has 0 aliphatic carbocycles. The Morgan fingerprint density at radius 3 is 2.43 bits per heavy atom. The van der Waals surface area contributed by atoms with E-state index < -0.39 is 0 Å². The summed E-state index contributed by atoms with van der Waals surface area (Å²) in [4.78, 5) is 11.9. The lowest BCUT2D eigenvalue weighted by Crippen LogP contribution is -2.34. The number of amides is 1. The monoisotopic (exact) mass is 291 g/mol. The first kappa shape index (κ1) is 17.5. The van der Waals surface area contributed by atoms with Crippen molar-refractivity contribution in [2.45, 2.75) is 41.0 Å². The van der Waals surface area contributed by atoms with Crippen molar-refractivity contribution in [3.05, 3.63) is 29.8 Å². The highest BCUT2D eigenvalue weighted by molar-refractivity contribution is 5.75. The van der Waals surface area contributed by atoms with E-state index in [1.807, 2.05) is 31.2 Å². The third-order valence-electron chi connectivity index (χ3n) is 3.83. The summed E-state index contributed by atoms with van der Waals surface area (Å²) in [6.07, 6.45) is 0.400. The molecule has 0 heterocycles. The predicted molar refractivity (Wildman–Crippen MR) is 87.5 cm³/mol. The van der Waals surface area contributed by atoms with E-state index in [2.05, 4.69) is 33.0 Å². The number of nitrogens with one attached hydrogen (secondary N) is 1. The molecule has 0 unspecified atom stereocenters. The van der Waals surface area contributed by atoms with Crippen LogP contribution in [-0.2, 0) is 4.79 Å². The van der Waals surface area contributed by atoms with Crippen molar-refractivity contribution >= 4 is 5.91 Å². The molecule has 1 amide bonds. The highest BCUT2D eigenvalue weighted by Gasteiger charge is 2.18. The SMILES string of the molecule is Cc1cccc(OCCC(=O)NCC(C(C)C)C(C)C)c1. The molecule has 3 nitrogen and oxygen atoms in total. The van der Waals surface area contributed by atoms with Crippen molar-refractivity contribution in [1.29, 1.82) is 0 Å². The minimum atomic E-state index is 0.0638. The number of aryl methyl sites for hydroxylation is 1. The van der Waals surface area contributed by atoms with Crippen LogP contribution >= 0.6 is 0 Å². The van der Waals surface area contributed by atoms with Gasteiger partial charge in [-0.25, -0.2) is 0 Å². The summed E-state index contributed by atoms with van der Waals surface area (Å²) in [5, 5.41) is 3.02. The first-order valence-corrected chi connectivity index (χ1v) is 7.86. The lowest BCUT2D eigenvalue weighted by Gasteiger charge is -2.25. The zero-order valence-corrected chi connectivity index (χ0v) is 14.0. The molecule has 21 heavy (non-hydrogen) atoms. The van der Waals surface area contributed by atoms with Gasteiger partial charge in [-0.3, -0.25) is 4.79 Å². The van der Waals surface area contributed by atoms with E-state index in [-0.39, 0.29) is 5.91 Å². The van der Waals surface area contributed by atoms with E-state index in [1.165, 1.54) is 0 Å². The fraction of sp³-hybridized carbons (Fsp3) is 0.611. The Morgan fingerprint density at radius 2 is 1.86 bits per heavy atom. The normalized spacial score (nSPS) is 11.2. The van der Waals surface area contributed by atoms with E-state index in [4.69, 9.17) is 4.74 Å². The van der Waals surface area contributed by atoms with Gasteiger partial charge in [-0.1, -0.05) is 39.8 Å². The second-order valence-electron chi connectivity index (χ2n) is 6.37. The van der Waals surface area contributed by atoms with Crippen LogP contribution in [0.3, 0.4) is 0 Å². The number of rotatable bonds is 8. The largest absolute Gasteiger partial charge is 0.493 e. The van der Waals surface area contributed by atoms with Crippen molar-refractivity contribution in [2.75, 3.05) is 13.2 Å². The number of hydrogen-bond acceptors (Lipinski definition) is 2. The molecule has 0 radical (unpaired) electrons. The van der Waals surface area contributed by atoms with Gasteiger partial charge in [0, 0.05) is 6.54 Å². The van der Waals surface area contributed by atoms with E-state index >= 15 is 0 Å².